The van der Waals surface area contributed by atoms with Crippen molar-refractivity contribution >= 4 is 11.7 Å². The van der Waals surface area contributed by atoms with Crippen molar-refractivity contribution in [2.24, 2.45) is 0 Å². The molecule has 0 spiro atoms. The standard InChI is InChI=1S/C11H13F3N2O3/c12-11(13,14)19-9-5-2-1-4-8(9)16-10(18)15-6-3-7-17/h1-2,4-5,17H,3,6-7H2,(H2,15,16,18). The Bertz CT molecular complexity index is 424. The van der Waals surface area contributed by atoms with Crippen LogP contribution in [0.4, 0.5) is 23.7 Å². The number of anilines is 1. The van der Waals surface area contributed by atoms with Crippen LogP contribution in [-0.4, -0.2) is 30.7 Å². The average molecular weight is 278 g/mol. The number of nitrogens with one attached hydrogen (secondary N) is 2. The number of aliphatic hydroxyl groups is 1. The summed E-state index contributed by atoms with van der Waals surface area (Å²) in [4.78, 5) is 11.4. The Morgan fingerprint density at radius 1 is 1.32 bits per heavy atom. The molecule has 0 bridgehead atoms. The van der Waals surface area contributed by atoms with E-state index >= 15 is 0 Å². The molecule has 0 heterocycles. The quantitative estimate of drug-likeness (QED) is 0.722. The number of hydrogen-bond acceptors (Lipinski definition) is 3. The highest BCUT2D eigenvalue weighted by Gasteiger charge is 2.32. The number of aliphatic hydroxyl groups excluding tert-OH is 1. The number of carbonyl (C=O) groups excluding carboxylic acids is 1. The minimum Gasteiger partial charge on any atom is -0.404 e. The van der Waals surface area contributed by atoms with E-state index in [1.165, 1.54) is 18.2 Å². The SMILES string of the molecule is O=C(NCCCO)Nc1ccccc1OC(F)(F)F. The van der Waals surface area contributed by atoms with E-state index in [9.17, 15) is 18.0 Å². The molecule has 0 aliphatic heterocycles. The van der Waals surface area contributed by atoms with Crippen molar-refractivity contribution < 1.29 is 27.8 Å². The lowest BCUT2D eigenvalue weighted by molar-refractivity contribution is -0.274. The van der Waals surface area contributed by atoms with Crippen molar-refractivity contribution in [3.05, 3.63) is 24.3 Å². The molecule has 19 heavy (non-hydrogen) atoms. The number of carbonyl (C=O) groups is 1. The van der Waals surface area contributed by atoms with Crippen LogP contribution >= 0.6 is 0 Å². The highest BCUT2D eigenvalue weighted by atomic mass is 19.4. The van der Waals surface area contributed by atoms with Gasteiger partial charge in [-0.1, -0.05) is 12.1 Å². The molecule has 2 amide bonds. The third-order valence-electron chi connectivity index (χ3n) is 1.98. The molecule has 0 radical (unpaired) electrons. The van der Waals surface area contributed by atoms with Gasteiger partial charge in [0.2, 0.25) is 0 Å². The Kier molecular flexibility index (Phi) is 5.43. The van der Waals surface area contributed by atoms with Gasteiger partial charge in [0.15, 0.2) is 5.75 Å². The van der Waals surface area contributed by atoms with Crippen molar-refractivity contribution in [3.8, 4) is 5.75 Å². The lowest BCUT2D eigenvalue weighted by Crippen LogP contribution is -2.30. The summed E-state index contributed by atoms with van der Waals surface area (Å²) in [7, 11) is 0. The summed E-state index contributed by atoms with van der Waals surface area (Å²) < 4.78 is 40.2. The number of rotatable bonds is 5. The van der Waals surface area contributed by atoms with Gasteiger partial charge in [0.05, 0.1) is 5.69 Å². The molecular formula is C11H13F3N2O3. The van der Waals surface area contributed by atoms with E-state index in [1.54, 1.807) is 0 Å². The summed E-state index contributed by atoms with van der Waals surface area (Å²) in [5.74, 6) is -0.493. The first kappa shape index (κ1) is 15.1. The second kappa shape index (κ2) is 6.83. The lowest BCUT2D eigenvalue weighted by atomic mass is 10.3. The Morgan fingerprint density at radius 3 is 2.63 bits per heavy atom. The third kappa shape index (κ3) is 5.96. The molecular weight excluding hydrogens is 265 g/mol. The fourth-order valence-corrected chi connectivity index (χ4v) is 1.23. The van der Waals surface area contributed by atoms with Gasteiger partial charge >= 0.3 is 12.4 Å². The van der Waals surface area contributed by atoms with Crippen LogP contribution in [0.25, 0.3) is 0 Å². The number of urea groups is 1. The Hall–Kier alpha value is -1.96. The zero-order valence-electron chi connectivity index (χ0n) is 9.83. The first-order valence-corrected chi connectivity index (χ1v) is 5.43. The van der Waals surface area contributed by atoms with Crippen LogP contribution in [0.3, 0.4) is 0 Å². The van der Waals surface area contributed by atoms with E-state index in [0.29, 0.717) is 6.42 Å². The van der Waals surface area contributed by atoms with E-state index in [2.05, 4.69) is 15.4 Å². The zero-order valence-corrected chi connectivity index (χ0v) is 9.83. The number of alkyl halides is 3. The maximum Gasteiger partial charge on any atom is 0.573 e. The first-order valence-electron chi connectivity index (χ1n) is 5.43. The maximum atomic E-state index is 12.1. The lowest BCUT2D eigenvalue weighted by Gasteiger charge is -2.14. The molecule has 106 valence electrons. The van der Waals surface area contributed by atoms with Gasteiger partial charge < -0.3 is 20.5 Å². The Labute approximate surface area is 107 Å². The van der Waals surface area contributed by atoms with Crippen LogP contribution in [0.5, 0.6) is 5.75 Å². The van der Waals surface area contributed by atoms with E-state index in [1.807, 2.05) is 0 Å². The van der Waals surface area contributed by atoms with Crippen LogP contribution in [0.1, 0.15) is 6.42 Å². The summed E-state index contributed by atoms with van der Waals surface area (Å²) >= 11 is 0. The number of amides is 2. The predicted octanol–water partition coefficient (Wildman–Crippen LogP) is 2.09. The van der Waals surface area contributed by atoms with Crippen molar-refractivity contribution in [1.29, 1.82) is 0 Å². The summed E-state index contributed by atoms with van der Waals surface area (Å²) in [6.45, 7) is 0.124. The molecule has 3 N–H and O–H groups in total. The molecule has 0 saturated heterocycles. The number of ether oxygens (including phenoxy) is 1. The van der Waals surface area contributed by atoms with Crippen LogP contribution in [0.15, 0.2) is 24.3 Å². The second-order valence-corrected chi connectivity index (χ2v) is 3.50. The highest BCUT2D eigenvalue weighted by Crippen LogP contribution is 2.29. The van der Waals surface area contributed by atoms with E-state index in [0.717, 1.165) is 6.07 Å². The third-order valence-corrected chi connectivity index (χ3v) is 1.98. The van der Waals surface area contributed by atoms with Crippen LogP contribution < -0.4 is 15.4 Å². The molecule has 1 aromatic rings. The summed E-state index contributed by atoms with van der Waals surface area (Å²) in [5.41, 5.74) is -0.0960. The summed E-state index contributed by atoms with van der Waals surface area (Å²) in [5, 5.41) is 13.1. The van der Waals surface area contributed by atoms with Gasteiger partial charge in [-0.15, -0.1) is 13.2 Å². The smallest absolute Gasteiger partial charge is 0.404 e. The highest BCUT2D eigenvalue weighted by molar-refractivity contribution is 5.90. The molecule has 0 aliphatic rings. The number of hydrogen-bond donors (Lipinski definition) is 3. The average Bonchev–Trinajstić information content (AvgIpc) is 2.30. The van der Waals surface area contributed by atoms with Gasteiger partial charge in [-0.05, 0) is 18.6 Å². The van der Waals surface area contributed by atoms with Gasteiger partial charge in [-0.3, -0.25) is 0 Å². The van der Waals surface area contributed by atoms with Gasteiger partial charge in [0.25, 0.3) is 0 Å². The molecule has 0 aliphatic carbocycles. The van der Waals surface area contributed by atoms with Gasteiger partial charge in [-0.25, -0.2) is 4.79 Å². The molecule has 8 heteroatoms. The largest absolute Gasteiger partial charge is 0.573 e. The number of para-hydroxylation sites is 2. The molecule has 0 fully saturated rings. The number of benzene rings is 1. The van der Waals surface area contributed by atoms with Gasteiger partial charge in [-0.2, -0.15) is 0 Å². The van der Waals surface area contributed by atoms with Gasteiger partial charge in [0, 0.05) is 13.2 Å². The van der Waals surface area contributed by atoms with Crippen LogP contribution in [0.2, 0.25) is 0 Å². The zero-order chi connectivity index (χ0) is 14.3. The maximum absolute atomic E-state index is 12.1. The summed E-state index contributed by atoms with van der Waals surface area (Å²) in [6, 6.07) is 4.53. The Morgan fingerprint density at radius 2 is 2.00 bits per heavy atom. The van der Waals surface area contributed by atoms with Crippen LogP contribution in [-0.2, 0) is 0 Å². The monoisotopic (exact) mass is 278 g/mol. The molecule has 1 aromatic carbocycles. The minimum absolute atomic E-state index is 0.0892. The molecule has 0 saturated carbocycles. The van der Waals surface area contributed by atoms with E-state index in [-0.39, 0.29) is 18.8 Å². The van der Waals surface area contributed by atoms with Crippen molar-refractivity contribution in [2.45, 2.75) is 12.8 Å². The molecule has 0 unspecified atom stereocenters. The molecule has 1 rings (SSSR count). The Balaban J connectivity index is 2.64. The predicted molar refractivity (Wildman–Crippen MR) is 61.8 cm³/mol. The van der Waals surface area contributed by atoms with Crippen molar-refractivity contribution in [1.82, 2.24) is 5.32 Å². The normalized spacial score (nSPS) is 10.9. The van der Waals surface area contributed by atoms with Gasteiger partial charge in [0.1, 0.15) is 0 Å². The van der Waals surface area contributed by atoms with E-state index in [4.69, 9.17) is 5.11 Å². The first-order chi connectivity index (χ1) is 8.92. The molecule has 5 nitrogen and oxygen atoms in total. The summed E-state index contributed by atoms with van der Waals surface area (Å²) in [6.07, 6.45) is -4.47. The van der Waals surface area contributed by atoms with E-state index < -0.39 is 18.1 Å². The van der Waals surface area contributed by atoms with Crippen molar-refractivity contribution in [3.63, 3.8) is 0 Å². The fraction of sp³-hybridized carbons (Fsp3) is 0.364. The van der Waals surface area contributed by atoms with Crippen molar-refractivity contribution in [2.75, 3.05) is 18.5 Å². The second-order valence-electron chi connectivity index (χ2n) is 3.50. The molecule has 0 atom stereocenters. The van der Waals surface area contributed by atoms with Crippen LogP contribution in [0, 0.1) is 0 Å². The molecule has 0 aromatic heterocycles. The topological polar surface area (TPSA) is 70.6 Å². The minimum atomic E-state index is -4.83. The number of halogens is 3. The fourth-order valence-electron chi connectivity index (χ4n) is 1.23.